The summed E-state index contributed by atoms with van der Waals surface area (Å²) in [7, 11) is 3.70. The Balaban J connectivity index is -0.0000000408. The first-order valence-electron chi connectivity index (χ1n) is 2.56. The topological polar surface area (TPSA) is 36.1 Å². The molecule has 0 radical (unpaired) electrons. The van der Waals surface area contributed by atoms with Crippen LogP contribution in [0.3, 0.4) is 0 Å². The third-order valence-electron chi connectivity index (χ3n) is 0.780. The van der Waals surface area contributed by atoms with Crippen LogP contribution < -0.4 is 16.0 Å². The van der Waals surface area contributed by atoms with Crippen LogP contribution in [0.5, 0.6) is 0 Å². The van der Waals surface area contributed by atoms with E-state index in [1.807, 2.05) is 14.1 Å². The fourth-order valence-electron chi connectivity index (χ4n) is 0.283. The van der Waals surface area contributed by atoms with E-state index in [0.717, 1.165) is 12.5 Å². The molecule has 80 valence electrons. The van der Waals surface area contributed by atoms with Crippen molar-refractivity contribution in [2.24, 2.45) is 0 Å². The molecule has 0 aromatic carbocycles. The van der Waals surface area contributed by atoms with E-state index in [2.05, 4.69) is 22.5 Å². The molecule has 3 nitrogen and oxygen atoms in total. The molecular weight excluding hydrogens is 150 g/mol. The zero-order chi connectivity index (χ0) is 6.41. The normalized spacial score (nSPS) is 5.50. The van der Waals surface area contributed by atoms with Crippen LogP contribution in [0.2, 0.25) is 0 Å². The molecule has 0 rings (SSSR count). The predicted octanol–water partition coefficient (Wildman–Crippen LogP) is 1.99. The summed E-state index contributed by atoms with van der Waals surface area (Å²) in [6.45, 7) is 4.40. The smallest absolute Gasteiger partial charge is 0.0919 e. The summed E-state index contributed by atoms with van der Waals surface area (Å²) < 4.78 is 0. The van der Waals surface area contributed by atoms with Gasteiger partial charge in [-0.05, 0) is 7.05 Å². The minimum Gasteiger partial charge on any atom is -0.375 e. The predicted molar refractivity (Wildman–Crippen MR) is 62.2 cm³/mol. The molecule has 0 atom stereocenters. The molecule has 0 unspecified atom stereocenters. The van der Waals surface area contributed by atoms with Gasteiger partial charge in [0.2, 0.25) is 0 Å². The molecule has 0 bridgehead atoms. The molecule has 12 heavy (non-hydrogen) atoms. The van der Waals surface area contributed by atoms with Gasteiger partial charge in [0.1, 0.15) is 0 Å². The van der Waals surface area contributed by atoms with E-state index in [-0.39, 0.29) is 29.7 Å². The van der Waals surface area contributed by atoms with Crippen LogP contribution in [0.25, 0.3) is 0 Å². The highest BCUT2D eigenvalue weighted by Gasteiger charge is 1.80. The molecule has 0 aliphatic carbocycles. The van der Waals surface area contributed by atoms with Crippen molar-refractivity contribution in [1.82, 2.24) is 16.0 Å². The molecule has 3 N–H and O–H groups in total. The van der Waals surface area contributed by atoms with E-state index >= 15 is 0 Å². The lowest BCUT2D eigenvalue weighted by Gasteiger charge is -2.05. The zero-order valence-corrected chi connectivity index (χ0v) is 5.41. The maximum atomic E-state index is 3.65. The van der Waals surface area contributed by atoms with Crippen molar-refractivity contribution in [3.63, 3.8) is 0 Å². The summed E-state index contributed by atoms with van der Waals surface area (Å²) in [6.07, 6.45) is 0. The summed E-state index contributed by atoms with van der Waals surface area (Å²) >= 11 is 0. The van der Waals surface area contributed by atoms with Gasteiger partial charge in [-0.3, -0.25) is 0 Å². The van der Waals surface area contributed by atoms with Gasteiger partial charge in [-0.25, -0.2) is 0 Å². The Morgan fingerprint density at radius 3 is 1.75 bits per heavy atom. The van der Waals surface area contributed by atoms with Gasteiger partial charge in [0.05, 0.1) is 12.5 Å². The lowest BCUT2D eigenvalue weighted by molar-refractivity contribution is 0.673. The first kappa shape index (κ1) is 30.2. The summed E-state index contributed by atoms with van der Waals surface area (Å²) in [6, 6.07) is 0. The van der Waals surface area contributed by atoms with E-state index in [1.165, 1.54) is 0 Å². The number of hydrogen-bond donors (Lipinski definition) is 3. The maximum absolute atomic E-state index is 3.65. The summed E-state index contributed by atoms with van der Waals surface area (Å²) in [5.74, 6) is 0.833. The quantitative estimate of drug-likeness (QED) is 0.578. The Hall–Kier alpha value is -0.700. The molecule has 0 spiro atoms. The average molecular weight is 179 g/mol. The molecule has 0 aliphatic heterocycles. The molecule has 3 heteroatoms. The lowest BCUT2D eigenvalue weighted by Crippen LogP contribution is -2.29. The largest absolute Gasteiger partial charge is 0.375 e. The highest BCUT2D eigenvalue weighted by molar-refractivity contribution is 4.84. The van der Waals surface area contributed by atoms with Gasteiger partial charge in [-0.2, -0.15) is 0 Å². The first-order chi connectivity index (χ1) is 3.81. The molecule has 0 aliphatic rings. The van der Waals surface area contributed by atoms with Crippen LogP contribution in [0.15, 0.2) is 12.4 Å². The summed E-state index contributed by atoms with van der Waals surface area (Å²) in [4.78, 5) is 0. The van der Waals surface area contributed by atoms with Crippen LogP contribution in [-0.2, 0) is 0 Å². The van der Waals surface area contributed by atoms with Crippen molar-refractivity contribution in [1.29, 1.82) is 0 Å². The van der Waals surface area contributed by atoms with Crippen LogP contribution in [0.4, 0.5) is 0 Å². The molecule has 0 saturated carbocycles. The average Bonchev–Trinajstić information content (AvgIpc) is 1.83. The van der Waals surface area contributed by atoms with Crippen molar-refractivity contribution in [3.05, 3.63) is 12.4 Å². The summed E-state index contributed by atoms with van der Waals surface area (Å²) in [5, 5.41) is 8.74. The minimum atomic E-state index is 0. The second-order valence-corrected chi connectivity index (χ2v) is 1.44. The molecule has 0 heterocycles. The van der Waals surface area contributed by atoms with Gasteiger partial charge in [0, 0.05) is 7.05 Å². The van der Waals surface area contributed by atoms with Gasteiger partial charge in [-0.15, -0.1) is 0 Å². The Labute approximate surface area is 79.6 Å². The molecular formula is C9H29N3. The lowest BCUT2D eigenvalue weighted by atomic mass is 10.7. The highest BCUT2D eigenvalue weighted by Crippen LogP contribution is 1.66. The van der Waals surface area contributed by atoms with E-state index in [0.29, 0.717) is 0 Å². The summed E-state index contributed by atoms with van der Waals surface area (Å²) in [5.41, 5.74) is 0. The van der Waals surface area contributed by atoms with Crippen LogP contribution in [0.1, 0.15) is 29.7 Å². The van der Waals surface area contributed by atoms with E-state index in [4.69, 9.17) is 0 Å². The van der Waals surface area contributed by atoms with Crippen LogP contribution in [0, 0.1) is 0 Å². The second kappa shape index (κ2) is 22.4. The van der Waals surface area contributed by atoms with Crippen molar-refractivity contribution >= 4 is 0 Å². The van der Waals surface area contributed by atoms with E-state index < -0.39 is 0 Å². The van der Waals surface area contributed by atoms with E-state index in [1.54, 1.807) is 0 Å². The van der Waals surface area contributed by atoms with E-state index in [9.17, 15) is 0 Å². The van der Waals surface area contributed by atoms with Gasteiger partial charge < -0.3 is 16.0 Å². The Morgan fingerprint density at radius 1 is 1.08 bits per heavy atom. The van der Waals surface area contributed by atoms with Crippen LogP contribution in [-0.4, -0.2) is 20.8 Å². The molecule has 0 fully saturated rings. The molecule has 0 saturated heterocycles. The van der Waals surface area contributed by atoms with Crippen molar-refractivity contribution in [3.8, 4) is 0 Å². The van der Waals surface area contributed by atoms with Crippen molar-refractivity contribution in [2.75, 3.05) is 20.8 Å². The minimum absolute atomic E-state index is 0. The number of hydrogen-bond acceptors (Lipinski definition) is 3. The van der Waals surface area contributed by atoms with Gasteiger partial charge >= 0.3 is 0 Å². The van der Waals surface area contributed by atoms with Crippen molar-refractivity contribution < 1.29 is 0 Å². The number of rotatable bonds is 4. The highest BCUT2D eigenvalue weighted by atomic mass is 15.1. The monoisotopic (exact) mass is 179 g/mol. The van der Waals surface area contributed by atoms with Gasteiger partial charge in [0.25, 0.3) is 0 Å². The third kappa shape index (κ3) is 22.8. The maximum Gasteiger partial charge on any atom is 0.0919 e. The van der Waals surface area contributed by atoms with Crippen molar-refractivity contribution in [2.45, 2.75) is 29.7 Å². The second-order valence-electron chi connectivity index (χ2n) is 1.44. The Bertz CT molecular complexity index is 72.2. The molecule has 0 amide bonds. The molecule has 0 aromatic rings. The Morgan fingerprint density at radius 2 is 1.50 bits per heavy atom. The standard InChI is InChI=1S/C5H13N3.4CH4/c1-5(7-3)8-4-6-2;;;;/h6-8H,1,4H2,2-3H3;4*1H4. The third-order valence-corrected chi connectivity index (χ3v) is 0.780. The van der Waals surface area contributed by atoms with Gasteiger partial charge in [-0.1, -0.05) is 36.3 Å². The fourth-order valence-corrected chi connectivity index (χ4v) is 0.283. The zero-order valence-electron chi connectivity index (χ0n) is 5.41. The first-order valence-corrected chi connectivity index (χ1v) is 2.56. The molecule has 0 aromatic heterocycles. The fraction of sp³-hybridized carbons (Fsp3) is 0.778. The van der Waals surface area contributed by atoms with Crippen LogP contribution >= 0.6 is 0 Å². The Kier molecular flexibility index (Phi) is 56.5. The SMILES string of the molecule is C.C.C.C.C=C(NC)NCNC. The number of nitrogens with one attached hydrogen (secondary N) is 3. The van der Waals surface area contributed by atoms with Gasteiger partial charge in [0.15, 0.2) is 0 Å².